The van der Waals surface area contributed by atoms with Gasteiger partial charge in [-0.05, 0) is 31.2 Å². The summed E-state index contributed by atoms with van der Waals surface area (Å²) in [7, 11) is 1.76. The molecule has 2 rings (SSSR count). The molecule has 2 N–H and O–H groups in total. The molecule has 1 aromatic heterocycles. The van der Waals surface area contributed by atoms with Gasteiger partial charge in [-0.1, -0.05) is 23.1 Å². The van der Waals surface area contributed by atoms with E-state index in [9.17, 15) is 9.18 Å². The van der Waals surface area contributed by atoms with Gasteiger partial charge >= 0.3 is 0 Å². The molecule has 1 aromatic carbocycles. The number of hydrogen-bond donors (Lipinski definition) is 2. The fraction of sp³-hybridized carbons (Fsp3) is 0.250. The van der Waals surface area contributed by atoms with Crippen LogP contribution in [0.4, 0.5) is 15.2 Å². The third kappa shape index (κ3) is 3.91. The average molecular weight is 312 g/mol. The molecular formula is C12H13FN4OS2. The van der Waals surface area contributed by atoms with Crippen LogP contribution in [0.5, 0.6) is 0 Å². The predicted molar refractivity (Wildman–Crippen MR) is 79.8 cm³/mol. The van der Waals surface area contributed by atoms with Crippen molar-refractivity contribution in [3.05, 3.63) is 30.1 Å². The highest BCUT2D eigenvalue weighted by molar-refractivity contribution is 8.02. The second kappa shape index (κ2) is 6.67. The molecule has 0 fully saturated rings. The molecule has 0 spiro atoms. The monoisotopic (exact) mass is 312 g/mol. The Morgan fingerprint density at radius 2 is 2.05 bits per heavy atom. The average Bonchev–Trinajstić information content (AvgIpc) is 2.89. The minimum atomic E-state index is -0.334. The van der Waals surface area contributed by atoms with E-state index in [1.54, 1.807) is 14.0 Å². The molecule has 0 saturated carbocycles. The molecule has 0 bridgehead atoms. The topological polar surface area (TPSA) is 66.9 Å². The molecule has 1 amide bonds. The van der Waals surface area contributed by atoms with Gasteiger partial charge in [0.25, 0.3) is 0 Å². The van der Waals surface area contributed by atoms with E-state index >= 15 is 0 Å². The summed E-state index contributed by atoms with van der Waals surface area (Å²) in [5.74, 6) is -0.498. The van der Waals surface area contributed by atoms with Gasteiger partial charge in [0.1, 0.15) is 5.82 Å². The first-order valence-electron chi connectivity index (χ1n) is 5.83. The molecule has 1 atom stereocenters. The maximum Gasteiger partial charge on any atom is 0.237 e. The number of benzene rings is 1. The van der Waals surface area contributed by atoms with Gasteiger partial charge in [-0.15, -0.1) is 10.2 Å². The van der Waals surface area contributed by atoms with E-state index < -0.39 is 0 Å². The largest absolute Gasteiger partial charge is 0.363 e. The third-order valence-corrected chi connectivity index (χ3v) is 4.50. The number of carbonyl (C=O) groups is 1. The molecule has 5 nitrogen and oxygen atoms in total. The Morgan fingerprint density at radius 1 is 1.35 bits per heavy atom. The number of nitrogens with zero attached hydrogens (tertiary/aromatic N) is 2. The summed E-state index contributed by atoms with van der Waals surface area (Å²) >= 11 is 2.72. The van der Waals surface area contributed by atoms with Crippen molar-refractivity contribution in [2.75, 3.05) is 17.7 Å². The molecule has 8 heteroatoms. The smallest absolute Gasteiger partial charge is 0.237 e. The van der Waals surface area contributed by atoms with Gasteiger partial charge in [0.15, 0.2) is 4.34 Å². The normalized spacial score (nSPS) is 11.9. The van der Waals surface area contributed by atoms with Gasteiger partial charge in [-0.25, -0.2) is 4.39 Å². The highest BCUT2D eigenvalue weighted by Crippen LogP contribution is 2.29. The number of amides is 1. The number of hydrogen-bond acceptors (Lipinski definition) is 6. The minimum absolute atomic E-state index is 0.164. The number of anilines is 2. The van der Waals surface area contributed by atoms with Gasteiger partial charge in [-0.2, -0.15) is 0 Å². The van der Waals surface area contributed by atoms with Crippen LogP contribution in [0, 0.1) is 5.82 Å². The number of aromatic nitrogens is 2. The second-order valence-corrected chi connectivity index (χ2v) is 6.44. The lowest BCUT2D eigenvalue weighted by Crippen LogP contribution is -2.22. The van der Waals surface area contributed by atoms with E-state index in [1.807, 2.05) is 0 Å². The third-order valence-electron chi connectivity index (χ3n) is 2.38. The minimum Gasteiger partial charge on any atom is -0.363 e. The molecule has 20 heavy (non-hydrogen) atoms. The summed E-state index contributed by atoms with van der Waals surface area (Å²) < 4.78 is 13.5. The number of rotatable bonds is 5. The number of nitrogens with one attached hydrogen (secondary N) is 2. The van der Waals surface area contributed by atoms with E-state index in [0.29, 0.717) is 10.8 Å². The Labute approximate surface area is 124 Å². The van der Waals surface area contributed by atoms with Gasteiger partial charge in [0, 0.05) is 12.7 Å². The fourth-order valence-corrected chi connectivity index (χ4v) is 3.19. The molecule has 2 aromatic rings. The van der Waals surface area contributed by atoms with Crippen LogP contribution in [-0.2, 0) is 4.79 Å². The van der Waals surface area contributed by atoms with Crippen LogP contribution in [0.2, 0.25) is 0 Å². The Morgan fingerprint density at radius 3 is 2.65 bits per heavy atom. The summed E-state index contributed by atoms with van der Waals surface area (Å²) in [5.41, 5.74) is 0.567. The van der Waals surface area contributed by atoms with Crippen molar-refractivity contribution in [2.24, 2.45) is 0 Å². The van der Waals surface area contributed by atoms with Crippen molar-refractivity contribution in [1.82, 2.24) is 10.2 Å². The van der Waals surface area contributed by atoms with Gasteiger partial charge in [-0.3, -0.25) is 4.79 Å². The summed E-state index contributed by atoms with van der Waals surface area (Å²) in [5, 5.41) is 13.9. The molecular weight excluding hydrogens is 299 g/mol. The summed E-state index contributed by atoms with van der Waals surface area (Å²) in [6, 6.07) is 5.65. The Hall–Kier alpha value is -1.67. The number of carbonyl (C=O) groups excluding carboxylic acids is 1. The fourth-order valence-electron chi connectivity index (χ4n) is 1.34. The Balaban J connectivity index is 1.93. The van der Waals surface area contributed by atoms with Crippen LogP contribution >= 0.6 is 23.1 Å². The van der Waals surface area contributed by atoms with Crippen molar-refractivity contribution in [1.29, 1.82) is 0 Å². The van der Waals surface area contributed by atoms with Crippen LogP contribution in [0.1, 0.15) is 6.92 Å². The lowest BCUT2D eigenvalue weighted by molar-refractivity contribution is -0.115. The first-order chi connectivity index (χ1) is 9.58. The first kappa shape index (κ1) is 14.7. The van der Waals surface area contributed by atoms with Crippen molar-refractivity contribution >= 4 is 39.8 Å². The molecule has 1 heterocycles. The standard InChI is InChI=1S/C12H13FN4OS2/c1-7(19-12-17-16-11(14-2)20-12)10(18)15-9-5-3-8(13)4-6-9/h3-7H,1-2H3,(H,14,16)(H,15,18)/t7-/m1/s1. The quantitative estimate of drug-likeness (QED) is 0.831. The number of thioether (sulfide) groups is 1. The van der Waals surface area contributed by atoms with E-state index in [0.717, 1.165) is 4.34 Å². The van der Waals surface area contributed by atoms with E-state index in [4.69, 9.17) is 0 Å². The molecule has 0 aliphatic heterocycles. The highest BCUT2D eigenvalue weighted by atomic mass is 32.2. The van der Waals surface area contributed by atoms with Crippen molar-refractivity contribution in [3.63, 3.8) is 0 Å². The van der Waals surface area contributed by atoms with E-state index in [-0.39, 0.29) is 17.0 Å². The SMILES string of the molecule is CNc1nnc(S[C@H](C)C(=O)Nc2ccc(F)cc2)s1. The van der Waals surface area contributed by atoms with Gasteiger partial charge in [0.05, 0.1) is 5.25 Å². The summed E-state index contributed by atoms with van der Waals surface area (Å²) in [6.07, 6.45) is 0. The summed E-state index contributed by atoms with van der Waals surface area (Å²) in [6.45, 7) is 1.78. The molecule has 0 saturated heterocycles. The summed E-state index contributed by atoms with van der Waals surface area (Å²) in [4.78, 5) is 12.0. The van der Waals surface area contributed by atoms with Crippen molar-refractivity contribution in [2.45, 2.75) is 16.5 Å². The molecule has 0 aliphatic rings. The van der Waals surface area contributed by atoms with Crippen molar-refractivity contribution < 1.29 is 9.18 Å². The molecule has 0 unspecified atom stereocenters. The van der Waals surface area contributed by atoms with Gasteiger partial charge < -0.3 is 10.6 Å². The highest BCUT2D eigenvalue weighted by Gasteiger charge is 2.17. The van der Waals surface area contributed by atoms with Crippen LogP contribution in [0.15, 0.2) is 28.6 Å². The Bertz CT molecular complexity index is 587. The lowest BCUT2D eigenvalue weighted by Gasteiger charge is -2.10. The predicted octanol–water partition coefficient (Wildman–Crippen LogP) is 2.84. The maximum atomic E-state index is 12.8. The Kier molecular flexibility index (Phi) is 4.91. The zero-order chi connectivity index (χ0) is 14.5. The lowest BCUT2D eigenvalue weighted by atomic mass is 10.3. The first-order valence-corrected chi connectivity index (χ1v) is 7.52. The molecule has 0 radical (unpaired) electrons. The number of halogens is 1. The molecule has 0 aliphatic carbocycles. The van der Waals surface area contributed by atoms with Gasteiger partial charge in [0.2, 0.25) is 11.0 Å². The van der Waals surface area contributed by atoms with E-state index in [2.05, 4.69) is 20.8 Å². The van der Waals surface area contributed by atoms with E-state index in [1.165, 1.54) is 47.4 Å². The van der Waals surface area contributed by atoms with Crippen LogP contribution < -0.4 is 10.6 Å². The van der Waals surface area contributed by atoms with Crippen LogP contribution in [0.3, 0.4) is 0 Å². The maximum absolute atomic E-state index is 12.8. The zero-order valence-electron chi connectivity index (χ0n) is 10.9. The van der Waals surface area contributed by atoms with Crippen LogP contribution in [-0.4, -0.2) is 28.4 Å². The van der Waals surface area contributed by atoms with Crippen LogP contribution in [0.25, 0.3) is 0 Å². The zero-order valence-corrected chi connectivity index (χ0v) is 12.5. The van der Waals surface area contributed by atoms with Crippen molar-refractivity contribution in [3.8, 4) is 0 Å². The second-order valence-electron chi connectivity index (χ2n) is 3.88. The molecule has 106 valence electrons.